The maximum Gasteiger partial charge on any atom is 0.0890 e. The van der Waals surface area contributed by atoms with Crippen LogP contribution in [0.4, 0.5) is 0 Å². The summed E-state index contributed by atoms with van der Waals surface area (Å²) in [6, 6.07) is 16.4. The van der Waals surface area contributed by atoms with Crippen LogP contribution in [0, 0.1) is 12.8 Å². The van der Waals surface area contributed by atoms with Crippen molar-refractivity contribution < 1.29 is 5.11 Å². The van der Waals surface area contributed by atoms with Gasteiger partial charge < -0.3 is 5.11 Å². The van der Waals surface area contributed by atoms with Crippen LogP contribution < -0.4 is 0 Å². The molecule has 1 atom stereocenters. The third-order valence-corrected chi connectivity index (χ3v) is 5.32. The number of aromatic nitrogens is 2. The predicted molar refractivity (Wildman–Crippen MR) is 104 cm³/mol. The fraction of sp³-hybridized carbons (Fsp3) is 0.364. The van der Waals surface area contributed by atoms with Gasteiger partial charge in [0.05, 0.1) is 29.0 Å². The standard InChI is InChI=1S/C22H25N3O/c1-16-22(24-21-5-3-2-4-20(21)23-16)14-25-11-10-19(13-25)12-17-6-8-18(15-26)9-7-17/h2-9,19,26H,10-15H2,1H3. The monoisotopic (exact) mass is 347 g/mol. The lowest BCUT2D eigenvalue weighted by Gasteiger charge is -2.17. The van der Waals surface area contributed by atoms with Gasteiger partial charge in [0, 0.05) is 13.1 Å². The smallest absolute Gasteiger partial charge is 0.0890 e. The van der Waals surface area contributed by atoms with Gasteiger partial charge in [0.15, 0.2) is 0 Å². The van der Waals surface area contributed by atoms with Gasteiger partial charge in [-0.3, -0.25) is 4.90 Å². The summed E-state index contributed by atoms with van der Waals surface area (Å²) in [4.78, 5) is 12.0. The number of hydrogen-bond donors (Lipinski definition) is 1. The van der Waals surface area contributed by atoms with Crippen molar-refractivity contribution in [3.63, 3.8) is 0 Å². The van der Waals surface area contributed by atoms with E-state index in [2.05, 4.69) is 24.0 Å². The minimum absolute atomic E-state index is 0.115. The first-order valence-electron chi connectivity index (χ1n) is 9.34. The van der Waals surface area contributed by atoms with Crippen LogP contribution in [0.5, 0.6) is 0 Å². The Hall–Kier alpha value is -2.30. The fourth-order valence-corrected chi connectivity index (χ4v) is 3.82. The van der Waals surface area contributed by atoms with Crippen molar-refractivity contribution in [3.8, 4) is 0 Å². The number of aliphatic hydroxyl groups excluding tert-OH is 1. The number of para-hydroxylation sites is 2. The van der Waals surface area contributed by atoms with Gasteiger partial charge in [-0.15, -0.1) is 0 Å². The molecule has 1 unspecified atom stereocenters. The number of aryl methyl sites for hydroxylation is 1. The highest BCUT2D eigenvalue weighted by Gasteiger charge is 2.23. The van der Waals surface area contributed by atoms with Crippen LogP contribution in [0.25, 0.3) is 11.0 Å². The van der Waals surface area contributed by atoms with Crippen molar-refractivity contribution in [1.29, 1.82) is 0 Å². The Bertz CT molecular complexity index is 892. The van der Waals surface area contributed by atoms with Crippen LogP contribution in [0.1, 0.15) is 28.9 Å². The average molecular weight is 347 g/mol. The second-order valence-corrected chi connectivity index (χ2v) is 7.31. The first kappa shape index (κ1) is 17.1. The first-order chi connectivity index (χ1) is 12.7. The minimum atomic E-state index is 0.115. The van der Waals surface area contributed by atoms with E-state index in [0.717, 1.165) is 54.0 Å². The maximum atomic E-state index is 9.16. The van der Waals surface area contributed by atoms with Crippen LogP contribution in [0.2, 0.25) is 0 Å². The van der Waals surface area contributed by atoms with Crippen molar-refractivity contribution in [1.82, 2.24) is 14.9 Å². The normalized spacial score (nSPS) is 17.8. The minimum Gasteiger partial charge on any atom is -0.392 e. The van der Waals surface area contributed by atoms with Gasteiger partial charge in [-0.25, -0.2) is 9.97 Å². The lowest BCUT2D eigenvalue weighted by Crippen LogP contribution is -2.22. The summed E-state index contributed by atoms with van der Waals surface area (Å²) < 4.78 is 0. The number of nitrogens with zero attached hydrogens (tertiary/aromatic N) is 3. The Morgan fingerprint density at radius 1 is 1.00 bits per heavy atom. The van der Waals surface area contributed by atoms with Gasteiger partial charge in [0.2, 0.25) is 0 Å². The summed E-state index contributed by atoms with van der Waals surface area (Å²) in [6.45, 7) is 5.28. The molecule has 3 aromatic rings. The second-order valence-electron chi connectivity index (χ2n) is 7.31. The Morgan fingerprint density at radius 2 is 1.69 bits per heavy atom. The molecular formula is C22H25N3O. The molecule has 1 aromatic heterocycles. The van der Waals surface area contributed by atoms with Gasteiger partial charge in [0.1, 0.15) is 0 Å². The molecule has 0 radical (unpaired) electrons. The second kappa shape index (κ2) is 7.52. The molecule has 26 heavy (non-hydrogen) atoms. The van der Waals surface area contributed by atoms with E-state index in [-0.39, 0.29) is 6.61 Å². The van der Waals surface area contributed by atoms with E-state index in [9.17, 15) is 0 Å². The first-order valence-corrected chi connectivity index (χ1v) is 9.34. The van der Waals surface area contributed by atoms with Gasteiger partial charge in [-0.2, -0.15) is 0 Å². The SMILES string of the molecule is Cc1nc2ccccc2nc1CN1CCC(Cc2ccc(CO)cc2)C1. The van der Waals surface area contributed by atoms with E-state index in [0.29, 0.717) is 5.92 Å². The van der Waals surface area contributed by atoms with Crippen LogP contribution in [0.15, 0.2) is 48.5 Å². The molecule has 134 valence electrons. The average Bonchev–Trinajstić information content (AvgIpc) is 3.10. The van der Waals surface area contributed by atoms with Crippen molar-refractivity contribution >= 4 is 11.0 Å². The van der Waals surface area contributed by atoms with Crippen LogP contribution in [-0.4, -0.2) is 33.1 Å². The molecule has 1 saturated heterocycles. The lowest BCUT2D eigenvalue weighted by molar-refractivity contribution is 0.282. The summed E-state index contributed by atoms with van der Waals surface area (Å²) in [5.74, 6) is 0.684. The van der Waals surface area contributed by atoms with Gasteiger partial charge >= 0.3 is 0 Å². The number of benzene rings is 2. The fourth-order valence-electron chi connectivity index (χ4n) is 3.82. The lowest BCUT2D eigenvalue weighted by atomic mass is 9.98. The van der Waals surface area contributed by atoms with E-state index in [1.54, 1.807) is 0 Å². The molecule has 2 aromatic carbocycles. The molecule has 1 N–H and O–H groups in total. The summed E-state index contributed by atoms with van der Waals surface area (Å²) in [5, 5.41) is 9.16. The molecule has 1 aliphatic heterocycles. The molecule has 0 aliphatic carbocycles. The number of fused-ring (bicyclic) bond motifs is 1. The van der Waals surface area contributed by atoms with E-state index in [1.165, 1.54) is 12.0 Å². The summed E-state index contributed by atoms with van der Waals surface area (Å²) in [6.07, 6.45) is 2.33. The molecule has 4 heteroatoms. The highest BCUT2D eigenvalue weighted by molar-refractivity contribution is 5.74. The third kappa shape index (κ3) is 3.76. The number of hydrogen-bond acceptors (Lipinski definition) is 4. The van der Waals surface area contributed by atoms with E-state index >= 15 is 0 Å². The van der Waals surface area contributed by atoms with Gasteiger partial charge in [-0.05, 0) is 55.5 Å². The zero-order valence-corrected chi connectivity index (χ0v) is 15.2. The molecule has 0 amide bonds. The molecule has 0 saturated carbocycles. The third-order valence-electron chi connectivity index (χ3n) is 5.32. The maximum absolute atomic E-state index is 9.16. The Balaban J connectivity index is 1.40. The predicted octanol–water partition coefficient (Wildman–Crippen LogP) is 3.50. The van der Waals surface area contributed by atoms with Crippen molar-refractivity contribution in [2.45, 2.75) is 32.9 Å². The molecule has 1 fully saturated rings. The Kier molecular flexibility index (Phi) is 4.96. The zero-order valence-electron chi connectivity index (χ0n) is 15.2. The molecule has 0 bridgehead atoms. The topological polar surface area (TPSA) is 49.2 Å². The zero-order chi connectivity index (χ0) is 17.9. The van der Waals surface area contributed by atoms with Crippen molar-refractivity contribution in [3.05, 3.63) is 71.0 Å². The number of rotatable bonds is 5. The Labute approximate surface area is 154 Å². The highest BCUT2D eigenvalue weighted by Crippen LogP contribution is 2.23. The number of aliphatic hydroxyl groups is 1. The van der Waals surface area contributed by atoms with Crippen molar-refractivity contribution in [2.75, 3.05) is 13.1 Å². The van der Waals surface area contributed by atoms with Crippen molar-refractivity contribution in [2.24, 2.45) is 5.92 Å². The van der Waals surface area contributed by atoms with E-state index in [1.807, 2.05) is 36.4 Å². The van der Waals surface area contributed by atoms with Gasteiger partial charge in [-0.1, -0.05) is 36.4 Å². The summed E-state index contributed by atoms with van der Waals surface area (Å²) in [7, 11) is 0. The molecule has 2 heterocycles. The molecular weight excluding hydrogens is 322 g/mol. The van der Waals surface area contributed by atoms with Crippen LogP contribution >= 0.6 is 0 Å². The summed E-state index contributed by atoms with van der Waals surface area (Å²) in [5.41, 5.74) is 6.42. The quantitative estimate of drug-likeness (QED) is 0.767. The van der Waals surface area contributed by atoms with E-state index < -0.39 is 0 Å². The molecule has 4 rings (SSSR count). The number of likely N-dealkylation sites (tertiary alicyclic amines) is 1. The van der Waals surface area contributed by atoms with Crippen LogP contribution in [-0.2, 0) is 19.6 Å². The Morgan fingerprint density at radius 3 is 2.42 bits per heavy atom. The molecule has 4 nitrogen and oxygen atoms in total. The summed E-state index contributed by atoms with van der Waals surface area (Å²) >= 11 is 0. The van der Waals surface area contributed by atoms with Gasteiger partial charge in [0.25, 0.3) is 0 Å². The highest BCUT2D eigenvalue weighted by atomic mass is 16.3. The largest absolute Gasteiger partial charge is 0.392 e. The van der Waals surface area contributed by atoms with Crippen LogP contribution in [0.3, 0.4) is 0 Å². The molecule has 1 aliphatic rings. The van der Waals surface area contributed by atoms with E-state index in [4.69, 9.17) is 15.1 Å². The molecule has 0 spiro atoms.